The molecule has 0 aromatic heterocycles. The van der Waals surface area contributed by atoms with Crippen LogP contribution in [0.1, 0.15) is 52.4 Å². The summed E-state index contributed by atoms with van der Waals surface area (Å²) in [5.74, 6) is 7.10. The van der Waals surface area contributed by atoms with Crippen LogP contribution in [-0.2, 0) is 0 Å². The maximum Gasteiger partial charge on any atom is 0.0166 e. The number of rotatable bonds is 2. The topological polar surface area (TPSA) is 12.0 Å². The minimum Gasteiger partial charge on any atom is -0.310 e. The van der Waals surface area contributed by atoms with Crippen LogP contribution in [-0.4, -0.2) is 23.6 Å². The standard InChI is InChI=1S/C17H29NS/c1-17(2)8-12(9-19-10-17)18-16-7-11-6-15(16)14-5-3-4-13(11)14/h11-16,18H,3-10H2,1-2H3. The highest BCUT2D eigenvalue weighted by Gasteiger charge is 2.54. The Kier molecular flexibility index (Phi) is 3.19. The van der Waals surface area contributed by atoms with Crippen LogP contribution in [0.4, 0.5) is 0 Å². The molecule has 0 amide bonds. The lowest BCUT2D eigenvalue weighted by atomic mass is 9.78. The van der Waals surface area contributed by atoms with Gasteiger partial charge in [-0.3, -0.25) is 0 Å². The Hall–Kier alpha value is 0.310. The highest BCUT2D eigenvalue weighted by molar-refractivity contribution is 7.99. The van der Waals surface area contributed by atoms with E-state index in [1.54, 1.807) is 19.3 Å². The van der Waals surface area contributed by atoms with Crippen molar-refractivity contribution in [1.29, 1.82) is 0 Å². The van der Waals surface area contributed by atoms with Crippen LogP contribution in [0.25, 0.3) is 0 Å². The average molecular weight is 279 g/mol. The molecule has 4 fully saturated rings. The Balaban J connectivity index is 1.39. The van der Waals surface area contributed by atoms with Gasteiger partial charge in [0, 0.05) is 17.8 Å². The Bertz CT molecular complexity index is 353. The molecular weight excluding hydrogens is 250 g/mol. The summed E-state index contributed by atoms with van der Waals surface area (Å²) in [7, 11) is 0. The van der Waals surface area contributed by atoms with Crippen LogP contribution >= 0.6 is 11.8 Å². The van der Waals surface area contributed by atoms with E-state index in [0.717, 1.165) is 35.8 Å². The molecule has 1 heterocycles. The molecule has 3 aliphatic carbocycles. The summed E-state index contributed by atoms with van der Waals surface area (Å²) in [5.41, 5.74) is 0.550. The third-order valence-corrected chi connectivity index (χ3v) is 8.11. The summed E-state index contributed by atoms with van der Waals surface area (Å²) in [5, 5.41) is 4.10. The summed E-state index contributed by atoms with van der Waals surface area (Å²) in [6.45, 7) is 4.89. The highest BCUT2D eigenvalue weighted by Crippen LogP contribution is 2.58. The van der Waals surface area contributed by atoms with Gasteiger partial charge in [-0.2, -0.15) is 11.8 Å². The van der Waals surface area contributed by atoms with Crippen LogP contribution in [0.5, 0.6) is 0 Å². The van der Waals surface area contributed by atoms with Crippen molar-refractivity contribution in [2.75, 3.05) is 11.5 Å². The molecule has 3 saturated carbocycles. The maximum absolute atomic E-state index is 4.10. The molecule has 1 N–H and O–H groups in total. The molecule has 0 aromatic carbocycles. The molecule has 4 rings (SSSR count). The highest BCUT2D eigenvalue weighted by atomic mass is 32.2. The van der Waals surface area contributed by atoms with Crippen LogP contribution in [0.2, 0.25) is 0 Å². The van der Waals surface area contributed by atoms with Crippen molar-refractivity contribution in [1.82, 2.24) is 5.32 Å². The van der Waals surface area contributed by atoms with Gasteiger partial charge >= 0.3 is 0 Å². The monoisotopic (exact) mass is 279 g/mol. The number of fused-ring (bicyclic) bond motifs is 5. The second-order valence-electron chi connectivity index (χ2n) is 8.51. The molecule has 4 aliphatic rings. The Morgan fingerprint density at radius 2 is 1.89 bits per heavy atom. The molecule has 0 spiro atoms. The largest absolute Gasteiger partial charge is 0.310 e. The number of hydrogen-bond donors (Lipinski definition) is 1. The third-order valence-electron chi connectivity index (χ3n) is 6.49. The Labute approximate surface area is 122 Å². The van der Waals surface area contributed by atoms with Crippen molar-refractivity contribution >= 4 is 11.8 Å². The van der Waals surface area contributed by atoms with Crippen molar-refractivity contribution in [3.63, 3.8) is 0 Å². The van der Waals surface area contributed by atoms with Gasteiger partial charge in [-0.05, 0) is 66.9 Å². The molecule has 1 aliphatic heterocycles. The number of nitrogens with one attached hydrogen (secondary N) is 1. The van der Waals surface area contributed by atoms with E-state index in [1.165, 1.54) is 30.8 Å². The SMILES string of the molecule is CC1(C)CSCC(NC2CC3CC2C2CCCC32)C1. The number of thioether (sulfide) groups is 1. The van der Waals surface area contributed by atoms with E-state index in [0.29, 0.717) is 5.41 Å². The lowest BCUT2D eigenvalue weighted by Crippen LogP contribution is -2.48. The molecule has 6 unspecified atom stereocenters. The molecule has 1 saturated heterocycles. The first-order valence-corrected chi connectivity index (χ1v) is 9.62. The molecule has 1 nitrogen and oxygen atoms in total. The molecule has 0 radical (unpaired) electrons. The fraction of sp³-hybridized carbons (Fsp3) is 1.00. The molecule has 108 valence electrons. The van der Waals surface area contributed by atoms with E-state index in [9.17, 15) is 0 Å². The van der Waals surface area contributed by atoms with Gasteiger partial charge in [0.25, 0.3) is 0 Å². The van der Waals surface area contributed by atoms with Crippen molar-refractivity contribution < 1.29 is 0 Å². The second kappa shape index (κ2) is 4.66. The zero-order valence-electron chi connectivity index (χ0n) is 12.5. The minimum absolute atomic E-state index is 0.550. The van der Waals surface area contributed by atoms with Crippen molar-refractivity contribution in [2.45, 2.75) is 64.5 Å². The van der Waals surface area contributed by atoms with Crippen LogP contribution in [0.15, 0.2) is 0 Å². The van der Waals surface area contributed by atoms with Crippen LogP contribution in [0, 0.1) is 29.1 Å². The lowest BCUT2D eigenvalue weighted by molar-refractivity contribution is 0.188. The van der Waals surface area contributed by atoms with Gasteiger partial charge in [0.1, 0.15) is 0 Å². The predicted octanol–water partition coefficient (Wildman–Crippen LogP) is 3.93. The van der Waals surface area contributed by atoms with Gasteiger partial charge in [-0.1, -0.05) is 20.3 Å². The minimum atomic E-state index is 0.550. The third kappa shape index (κ3) is 2.27. The first-order valence-electron chi connectivity index (χ1n) is 8.46. The summed E-state index contributed by atoms with van der Waals surface area (Å²) in [6, 6.07) is 1.67. The summed E-state index contributed by atoms with van der Waals surface area (Å²) in [6.07, 6.45) is 9.10. The smallest absolute Gasteiger partial charge is 0.0166 e. The van der Waals surface area contributed by atoms with Gasteiger partial charge in [0.15, 0.2) is 0 Å². The Morgan fingerprint density at radius 1 is 1.05 bits per heavy atom. The maximum atomic E-state index is 4.10. The van der Waals surface area contributed by atoms with Gasteiger partial charge in [-0.15, -0.1) is 0 Å². The van der Waals surface area contributed by atoms with E-state index < -0.39 is 0 Å². The zero-order chi connectivity index (χ0) is 13.0. The summed E-state index contributed by atoms with van der Waals surface area (Å²) >= 11 is 2.17. The molecule has 19 heavy (non-hydrogen) atoms. The Morgan fingerprint density at radius 3 is 2.74 bits per heavy atom. The quantitative estimate of drug-likeness (QED) is 0.822. The molecule has 2 bridgehead atoms. The predicted molar refractivity (Wildman–Crippen MR) is 83.5 cm³/mol. The van der Waals surface area contributed by atoms with E-state index in [1.807, 2.05) is 0 Å². The first-order chi connectivity index (χ1) is 9.12. The molecule has 2 heteroatoms. The average Bonchev–Trinajstić information content (AvgIpc) is 2.97. The normalized spacial score (nSPS) is 51.5. The van der Waals surface area contributed by atoms with Gasteiger partial charge < -0.3 is 5.32 Å². The van der Waals surface area contributed by atoms with Crippen molar-refractivity contribution in [3.8, 4) is 0 Å². The summed E-state index contributed by atoms with van der Waals surface area (Å²) < 4.78 is 0. The van der Waals surface area contributed by atoms with Crippen LogP contribution < -0.4 is 5.32 Å². The lowest BCUT2D eigenvalue weighted by Gasteiger charge is -2.40. The van der Waals surface area contributed by atoms with Gasteiger partial charge in [0.2, 0.25) is 0 Å². The van der Waals surface area contributed by atoms with Crippen molar-refractivity contribution in [3.05, 3.63) is 0 Å². The molecular formula is C17H29NS. The van der Waals surface area contributed by atoms with E-state index >= 15 is 0 Å². The van der Waals surface area contributed by atoms with Crippen LogP contribution in [0.3, 0.4) is 0 Å². The van der Waals surface area contributed by atoms with E-state index in [2.05, 4.69) is 30.9 Å². The second-order valence-corrected chi connectivity index (χ2v) is 9.54. The molecule has 0 aromatic rings. The fourth-order valence-corrected chi connectivity index (χ4v) is 7.22. The molecule has 6 atom stereocenters. The zero-order valence-corrected chi connectivity index (χ0v) is 13.3. The van der Waals surface area contributed by atoms with E-state index in [4.69, 9.17) is 0 Å². The summed E-state index contributed by atoms with van der Waals surface area (Å²) in [4.78, 5) is 0. The van der Waals surface area contributed by atoms with Gasteiger partial charge in [-0.25, -0.2) is 0 Å². The fourth-order valence-electron chi connectivity index (χ4n) is 5.93. The van der Waals surface area contributed by atoms with Crippen molar-refractivity contribution in [2.24, 2.45) is 29.1 Å². The van der Waals surface area contributed by atoms with E-state index in [-0.39, 0.29) is 0 Å². The number of hydrogen-bond acceptors (Lipinski definition) is 2. The first kappa shape index (κ1) is 13.0. The van der Waals surface area contributed by atoms with Gasteiger partial charge in [0.05, 0.1) is 0 Å².